The van der Waals surface area contributed by atoms with Gasteiger partial charge in [-0.25, -0.2) is 12.8 Å². The van der Waals surface area contributed by atoms with Crippen molar-refractivity contribution in [1.29, 1.82) is 0 Å². The average molecular weight is 531 g/mol. The summed E-state index contributed by atoms with van der Waals surface area (Å²) >= 11 is 5.59. The zero-order chi connectivity index (χ0) is 25.8. The molecule has 0 saturated carbocycles. The Balaban J connectivity index is 1.92. The Morgan fingerprint density at radius 1 is 1.03 bits per heavy atom. The molecule has 0 fully saturated rings. The predicted octanol–water partition coefficient (Wildman–Crippen LogP) is 5.73. The van der Waals surface area contributed by atoms with E-state index in [-0.39, 0.29) is 16.3 Å². The molecule has 3 aromatic rings. The van der Waals surface area contributed by atoms with Gasteiger partial charge in [0, 0.05) is 5.69 Å². The van der Waals surface area contributed by atoms with Crippen molar-refractivity contribution in [1.82, 2.24) is 0 Å². The normalized spacial score (nSPS) is 11.7. The summed E-state index contributed by atoms with van der Waals surface area (Å²) in [7, 11) is -4.33. The molecule has 0 spiro atoms. The lowest BCUT2D eigenvalue weighted by atomic mass is 10.2. The number of benzene rings is 3. The quantitative estimate of drug-likeness (QED) is 0.377. The first kappa shape index (κ1) is 26.3. The minimum Gasteiger partial charge on any atom is -0.494 e. The number of nitrogens with one attached hydrogen (secondary N) is 1. The molecule has 1 amide bonds. The first-order chi connectivity index (χ1) is 16.4. The summed E-state index contributed by atoms with van der Waals surface area (Å²) < 4.78 is 85.5. The fraction of sp³-hybridized carbons (Fsp3) is 0.174. The molecule has 35 heavy (non-hydrogen) atoms. The van der Waals surface area contributed by atoms with E-state index in [2.05, 4.69) is 5.32 Å². The van der Waals surface area contributed by atoms with Crippen LogP contribution in [0.25, 0.3) is 0 Å². The van der Waals surface area contributed by atoms with Crippen LogP contribution >= 0.6 is 11.6 Å². The smallest absolute Gasteiger partial charge is 0.417 e. The summed E-state index contributed by atoms with van der Waals surface area (Å²) in [6.45, 7) is 1.33. The van der Waals surface area contributed by atoms with Gasteiger partial charge in [-0.3, -0.25) is 9.10 Å². The van der Waals surface area contributed by atoms with E-state index >= 15 is 0 Å². The van der Waals surface area contributed by atoms with Crippen LogP contribution in [0.1, 0.15) is 12.5 Å². The van der Waals surface area contributed by atoms with Gasteiger partial charge in [-0.2, -0.15) is 13.2 Å². The molecule has 3 aromatic carbocycles. The third-order valence-electron chi connectivity index (χ3n) is 4.68. The number of ether oxygens (including phenoxy) is 1. The van der Waals surface area contributed by atoms with Gasteiger partial charge in [-0.15, -0.1) is 0 Å². The summed E-state index contributed by atoms with van der Waals surface area (Å²) in [6, 6.07) is 12.6. The number of anilines is 2. The maximum atomic E-state index is 13.4. The summed E-state index contributed by atoms with van der Waals surface area (Å²) in [5, 5.41) is 1.69. The number of sulfonamides is 1. The molecule has 0 heterocycles. The molecular formula is C23H19ClF4N2O4S. The molecular weight excluding hydrogens is 512 g/mol. The van der Waals surface area contributed by atoms with E-state index in [0.717, 1.165) is 28.6 Å². The lowest BCUT2D eigenvalue weighted by molar-refractivity contribution is -0.137. The average Bonchev–Trinajstić information content (AvgIpc) is 2.79. The van der Waals surface area contributed by atoms with Gasteiger partial charge >= 0.3 is 6.18 Å². The minimum absolute atomic E-state index is 0.0254. The molecule has 12 heteroatoms. The highest BCUT2D eigenvalue weighted by molar-refractivity contribution is 7.92. The minimum atomic E-state index is -4.75. The fourth-order valence-corrected chi connectivity index (χ4v) is 4.72. The van der Waals surface area contributed by atoms with E-state index in [4.69, 9.17) is 16.3 Å². The molecule has 0 unspecified atom stereocenters. The van der Waals surface area contributed by atoms with Gasteiger partial charge in [-0.05, 0) is 73.7 Å². The zero-order valence-electron chi connectivity index (χ0n) is 18.1. The number of carbonyl (C=O) groups excluding carboxylic acids is 1. The number of hydrogen-bond donors (Lipinski definition) is 1. The lowest BCUT2D eigenvalue weighted by Crippen LogP contribution is -2.38. The van der Waals surface area contributed by atoms with E-state index in [0.29, 0.717) is 18.4 Å². The van der Waals surface area contributed by atoms with Crippen molar-refractivity contribution in [2.24, 2.45) is 0 Å². The van der Waals surface area contributed by atoms with Crippen LogP contribution in [-0.2, 0) is 21.0 Å². The molecule has 186 valence electrons. The Bertz CT molecular complexity index is 1300. The first-order valence-electron chi connectivity index (χ1n) is 10.1. The summed E-state index contributed by atoms with van der Waals surface area (Å²) in [5.41, 5.74) is -1.42. The van der Waals surface area contributed by atoms with E-state index < -0.39 is 45.1 Å². The van der Waals surface area contributed by atoms with Crippen LogP contribution in [0.4, 0.5) is 28.9 Å². The van der Waals surface area contributed by atoms with Gasteiger partial charge in [0.05, 0.1) is 27.8 Å². The highest BCUT2D eigenvalue weighted by atomic mass is 35.5. The molecule has 0 aromatic heterocycles. The SMILES string of the molecule is CCOc1ccc(S(=O)(=O)N(CC(=O)Nc2ccc(Cl)c(C(F)(F)F)c2)c2ccc(F)cc2)cc1. The van der Waals surface area contributed by atoms with Crippen LogP contribution in [0.15, 0.2) is 71.6 Å². The number of halogens is 5. The summed E-state index contributed by atoms with van der Waals surface area (Å²) in [5.74, 6) is -1.13. The largest absolute Gasteiger partial charge is 0.494 e. The number of amides is 1. The lowest BCUT2D eigenvalue weighted by Gasteiger charge is -2.24. The summed E-state index contributed by atoms with van der Waals surface area (Å²) in [4.78, 5) is 12.5. The maximum absolute atomic E-state index is 13.4. The van der Waals surface area contributed by atoms with Crippen LogP contribution in [0.5, 0.6) is 5.75 Å². The maximum Gasteiger partial charge on any atom is 0.417 e. The fourth-order valence-electron chi connectivity index (χ4n) is 3.08. The van der Waals surface area contributed by atoms with Crippen molar-refractivity contribution >= 4 is 38.9 Å². The van der Waals surface area contributed by atoms with Crippen molar-refractivity contribution < 1.29 is 35.5 Å². The Hall–Kier alpha value is -3.31. The molecule has 0 atom stereocenters. The standard InChI is InChI=1S/C23H19ClF4N2O4S/c1-2-34-18-8-10-19(11-9-18)35(32,33)30(17-6-3-15(25)4-7-17)14-22(31)29-16-5-12-21(24)20(13-16)23(26,27)28/h3-13H,2,14H2,1H3,(H,29,31). The Morgan fingerprint density at radius 3 is 2.23 bits per heavy atom. The number of nitrogens with zero attached hydrogens (tertiary/aromatic N) is 1. The number of alkyl halides is 3. The van der Waals surface area contributed by atoms with Crippen molar-refractivity contribution in [3.05, 3.63) is 83.1 Å². The second-order valence-corrected chi connectivity index (χ2v) is 9.40. The van der Waals surface area contributed by atoms with Crippen LogP contribution in [0.3, 0.4) is 0 Å². The van der Waals surface area contributed by atoms with Gasteiger partial charge in [0.15, 0.2) is 0 Å². The molecule has 1 N–H and O–H groups in total. The molecule has 0 bridgehead atoms. The van der Waals surface area contributed by atoms with Crippen molar-refractivity contribution in [2.45, 2.75) is 18.0 Å². The summed E-state index contributed by atoms with van der Waals surface area (Å²) in [6.07, 6.45) is -4.75. The highest BCUT2D eigenvalue weighted by Crippen LogP contribution is 2.36. The van der Waals surface area contributed by atoms with Gasteiger partial charge < -0.3 is 10.1 Å². The second kappa shape index (κ2) is 10.5. The zero-order valence-corrected chi connectivity index (χ0v) is 19.7. The van der Waals surface area contributed by atoms with Crippen molar-refractivity contribution in [3.8, 4) is 5.75 Å². The van der Waals surface area contributed by atoms with E-state index in [1.165, 1.54) is 36.4 Å². The van der Waals surface area contributed by atoms with Crippen molar-refractivity contribution in [3.63, 3.8) is 0 Å². The first-order valence-corrected chi connectivity index (χ1v) is 11.9. The molecule has 0 radical (unpaired) electrons. The Morgan fingerprint density at radius 2 is 1.66 bits per heavy atom. The van der Waals surface area contributed by atoms with Crippen LogP contribution < -0.4 is 14.4 Å². The molecule has 0 aliphatic carbocycles. The van der Waals surface area contributed by atoms with Gasteiger partial charge in [0.1, 0.15) is 18.1 Å². The molecule has 6 nitrogen and oxygen atoms in total. The van der Waals surface area contributed by atoms with Crippen LogP contribution in [-0.4, -0.2) is 27.5 Å². The Labute approximate surface area is 204 Å². The van der Waals surface area contributed by atoms with Gasteiger partial charge in [-0.1, -0.05) is 11.6 Å². The predicted molar refractivity (Wildman–Crippen MR) is 124 cm³/mol. The highest BCUT2D eigenvalue weighted by Gasteiger charge is 2.34. The van der Waals surface area contributed by atoms with E-state index in [1.54, 1.807) is 6.92 Å². The van der Waals surface area contributed by atoms with E-state index in [1.807, 2.05) is 0 Å². The number of rotatable bonds is 8. The van der Waals surface area contributed by atoms with Crippen LogP contribution in [0, 0.1) is 5.82 Å². The number of carbonyl (C=O) groups is 1. The third-order valence-corrected chi connectivity index (χ3v) is 6.80. The Kier molecular flexibility index (Phi) is 7.91. The molecule has 0 aliphatic heterocycles. The van der Waals surface area contributed by atoms with Crippen molar-refractivity contribution in [2.75, 3.05) is 22.8 Å². The number of hydrogen-bond acceptors (Lipinski definition) is 4. The second-order valence-electron chi connectivity index (χ2n) is 7.13. The molecule has 0 aliphatic rings. The monoisotopic (exact) mass is 530 g/mol. The molecule has 3 rings (SSSR count). The van der Waals surface area contributed by atoms with E-state index in [9.17, 15) is 30.8 Å². The topological polar surface area (TPSA) is 75.7 Å². The van der Waals surface area contributed by atoms with Gasteiger partial charge in [0.25, 0.3) is 10.0 Å². The van der Waals surface area contributed by atoms with Crippen LogP contribution in [0.2, 0.25) is 5.02 Å². The molecule has 0 saturated heterocycles. The third kappa shape index (κ3) is 6.43. The van der Waals surface area contributed by atoms with Gasteiger partial charge in [0.2, 0.25) is 5.91 Å².